The van der Waals surface area contributed by atoms with Gasteiger partial charge in [0.25, 0.3) is 0 Å². The van der Waals surface area contributed by atoms with Crippen molar-refractivity contribution < 1.29 is 4.79 Å². The van der Waals surface area contributed by atoms with Crippen molar-refractivity contribution in [3.63, 3.8) is 0 Å². The Morgan fingerprint density at radius 2 is 1.83 bits per heavy atom. The molecule has 0 aromatic heterocycles. The summed E-state index contributed by atoms with van der Waals surface area (Å²) in [5.41, 5.74) is 2.59. The average Bonchev–Trinajstić information content (AvgIpc) is 2.40. The summed E-state index contributed by atoms with van der Waals surface area (Å²) in [6.07, 6.45) is 3.39. The quantitative estimate of drug-likeness (QED) is 0.582. The second kappa shape index (κ2) is 5.65. The zero-order valence-electron chi connectivity index (χ0n) is 10.1. The molecule has 18 heavy (non-hydrogen) atoms. The third kappa shape index (κ3) is 3.08. The number of halogens is 1. The van der Waals surface area contributed by atoms with Gasteiger partial charge in [0.05, 0.1) is 0 Å². The van der Waals surface area contributed by atoms with Gasteiger partial charge in [-0.1, -0.05) is 54.1 Å². The number of hydrogen-bond acceptors (Lipinski definition) is 1. The van der Waals surface area contributed by atoms with Gasteiger partial charge in [-0.25, -0.2) is 0 Å². The van der Waals surface area contributed by atoms with Crippen molar-refractivity contribution in [2.24, 2.45) is 0 Å². The van der Waals surface area contributed by atoms with Crippen LogP contribution in [0.15, 0.2) is 54.6 Å². The maximum atomic E-state index is 12.0. The summed E-state index contributed by atoms with van der Waals surface area (Å²) in [6.45, 7) is 1.90. The fraction of sp³-hybridized carbons (Fsp3) is 0.0625. The van der Waals surface area contributed by atoms with E-state index < -0.39 is 0 Å². The third-order valence-corrected chi connectivity index (χ3v) is 2.93. The fourth-order valence-corrected chi connectivity index (χ4v) is 1.86. The summed E-state index contributed by atoms with van der Waals surface area (Å²) in [6, 6.07) is 15.1. The van der Waals surface area contributed by atoms with E-state index in [0.717, 1.165) is 11.1 Å². The minimum atomic E-state index is -0.0288. The Kier molecular flexibility index (Phi) is 3.96. The van der Waals surface area contributed by atoms with E-state index in [9.17, 15) is 4.79 Å². The lowest BCUT2D eigenvalue weighted by Gasteiger charge is -2.02. The van der Waals surface area contributed by atoms with Crippen molar-refractivity contribution in [2.75, 3.05) is 0 Å². The van der Waals surface area contributed by atoms with E-state index in [-0.39, 0.29) is 5.78 Å². The van der Waals surface area contributed by atoms with Crippen LogP contribution in [0.5, 0.6) is 0 Å². The molecule has 0 bridgehead atoms. The van der Waals surface area contributed by atoms with Gasteiger partial charge < -0.3 is 0 Å². The Balaban J connectivity index is 2.22. The molecule has 0 N–H and O–H groups in total. The van der Waals surface area contributed by atoms with Gasteiger partial charge in [-0.15, -0.1) is 0 Å². The first-order valence-corrected chi connectivity index (χ1v) is 6.08. The summed E-state index contributed by atoms with van der Waals surface area (Å²) in [5, 5.41) is 0.581. The highest BCUT2D eigenvalue weighted by molar-refractivity contribution is 6.31. The van der Waals surface area contributed by atoms with Crippen LogP contribution in [-0.4, -0.2) is 5.78 Å². The molecule has 0 aliphatic rings. The molecule has 0 spiro atoms. The van der Waals surface area contributed by atoms with E-state index in [0.29, 0.717) is 10.6 Å². The number of carbonyl (C=O) groups is 1. The summed E-state index contributed by atoms with van der Waals surface area (Å²) in [4.78, 5) is 12.0. The summed E-state index contributed by atoms with van der Waals surface area (Å²) in [5.74, 6) is -0.0288. The van der Waals surface area contributed by atoms with Crippen LogP contribution in [0.1, 0.15) is 21.5 Å². The third-order valence-electron chi connectivity index (χ3n) is 2.69. The lowest BCUT2D eigenvalue weighted by atomic mass is 10.0. The number of aryl methyl sites for hydroxylation is 1. The largest absolute Gasteiger partial charge is 0.289 e. The molecule has 0 heterocycles. The molecule has 0 aliphatic carbocycles. The minimum Gasteiger partial charge on any atom is -0.289 e. The molecule has 1 nitrogen and oxygen atoms in total. The molecule has 2 aromatic rings. The maximum Gasteiger partial charge on any atom is 0.186 e. The van der Waals surface area contributed by atoms with Crippen LogP contribution in [0.3, 0.4) is 0 Å². The van der Waals surface area contributed by atoms with Crippen molar-refractivity contribution in [3.8, 4) is 0 Å². The van der Waals surface area contributed by atoms with Gasteiger partial charge >= 0.3 is 0 Å². The van der Waals surface area contributed by atoms with Crippen molar-refractivity contribution in [2.45, 2.75) is 6.92 Å². The van der Waals surface area contributed by atoms with Gasteiger partial charge in [0.15, 0.2) is 5.78 Å². The number of allylic oxidation sites excluding steroid dienone is 1. The van der Waals surface area contributed by atoms with Crippen LogP contribution >= 0.6 is 11.6 Å². The van der Waals surface area contributed by atoms with E-state index >= 15 is 0 Å². The first-order valence-electron chi connectivity index (χ1n) is 5.70. The predicted molar refractivity (Wildman–Crippen MR) is 76.0 cm³/mol. The van der Waals surface area contributed by atoms with Crippen LogP contribution in [0.4, 0.5) is 0 Å². The van der Waals surface area contributed by atoms with E-state index in [1.165, 1.54) is 0 Å². The van der Waals surface area contributed by atoms with Crippen molar-refractivity contribution in [1.82, 2.24) is 0 Å². The van der Waals surface area contributed by atoms with Crippen LogP contribution < -0.4 is 0 Å². The lowest BCUT2D eigenvalue weighted by Crippen LogP contribution is -1.97. The Hall–Kier alpha value is -1.86. The average molecular weight is 257 g/mol. The summed E-state index contributed by atoms with van der Waals surface area (Å²) in [7, 11) is 0. The molecule has 0 saturated carbocycles. The monoisotopic (exact) mass is 256 g/mol. The molecule has 0 saturated heterocycles. The topological polar surface area (TPSA) is 17.1 Å². The van der Waals surface area contributed by atoms with Gasteiger partial charge in [0.2, 0.25) is 0 Å². The molecule has 2 rings (SSSR count). The van der Waals surface area contributed by atoms with Gasteiger partial charge in [0.1, 0.15) is 0 Å². The highest BCUT2D eigenvalue weighted by atomic mass is 35.5. The molecule has 2 heteroatoms. The number of rotatable bonds is 3. The maximum absolute atomic E-state index is 12.0. The van der Waals surface area contributed by atoms with Crippen molar-refractivity contribution in [3.05, 3.63) is 76.3 Å². The molecule has 0 radical (unpaired) electrons. The first-order chi connectivity index (χ1) is 8.66. The lowest BCUT2D eigenvalue weighted by molar-refractivity contribution is 0.104. The Morgan fingerprint density at radius 1 is 1.11 bits per heavy atom. The zero-order valence-corrected chi connectivity index (χ0v) is 10.8. The second-order valence-electron chi connectivity index (χ2n) is 4.07. The minimum absolute atomic E-state index is 0.0288. The normalized spacial score (nSPS) is 10.8. The van der Waals surface area contributed by atoms with Gasteiger partial charge in [-0.3, -0.25) is 4.79 Å². The van der Waals surface area contributed by atoms with Crippen LogP contribution in [0.25, 0.3) is 6.08 Å². The Labute approximate surface area is 112 Å². The molecule has 0 atom stereocenters. The summed E-state index contributed by atoms with van der Waals surface area (Å²) >= 11 is 5.90. The van der Waals surface area contributed by atoms with E-state index in [1.54, 1.807) is 18.2 Å². The molecule has 0 fully saturated rings. The highest BCUT2D eigenvalue weighted by Crippen LogP contribution is 2.16. The zero-order chi connectivity index (χ0) is 13.0. The second-order valence-corrected chi connectivity index (χ2v) is 4.50. The standard InChI is InChI=1S/C16H13ClO/c1-12-7-9-14(17)11-15(12)16(18)10-8-13-5-3-2-4-6-13/h2-11H,1H3. The smallest absolute Gasteiger partial charge is 0.186 e. The van der Waals surface area contributed by atoms with E-state index in [2.05, 4.69) is 0 Å². The van der Waals surface area contributed by atoms with Crippen LogP contribution in [0.2, 0.25) is 5.02 Å². The van der Waals surface area contributed by atoms with Gasteiger partial charge in [0, 0.05) is 10.6 Å². The molecular formula is C16H13ClO. The van der Waals surface area contributed by atoms with Crippen LogP contribution in [-0.2, 0) is 0 Å². The fourth-order valence-electron chi connectivity index (χ4n) is 1.69. The SMILES string of the molecule is Cc1ccc(Cl)cc1C(=O)C=Cc1ccccc1. The first kappa shape index (κ1) is 12.6. The number of benzene rings is 2. The van der Waals surface area contributed by atoms with Crippen molar-refractivity contribution in [1.29, 1.82) is 0 Å². The van der Waals surface area contributed by atoms with Crippen LogP contribution in [0, 0.1) is 6.92 Å². The molecular weight excluding hydrogens is 244 g/mol. The highest BCUT2D eigenvalue weighted by Gasteiger charge is 2.06. The Morgan fingerprint density at radius 3 is 2.56 bits per heavy atom. The Bertz CT molecular complexity index is 585. The van der Waals surface area contributed by atoms with Crippen molar-refractivity contribution >= 4 is 23.5 Å². The number of ketones is 1. The van der Waals surface area contributed by atoms with E-state index in [4.69, 9.17) is 11.6 Å². The number of hydrogen-bond donors (Lipinski definition) is 0. The molecule has 2 aromatic carbocycles. The summed E-state index contributed by atoms with van der Waals surface area (Å²) < 4.78 is 0. The molecule has 0 aliphatic heterocycles. The number of carbonyl (C=O) groups excluding carboxylic acids is 1. The molecule has 0 unspecified atom stereocenters. The van der Waals surface area contributed by atoms with E-state index in [1.807, 2.05) is 49.4 Å². The molecule has 90 valence electrons. The predicted octanol–water partition coefficient (Wildman–Crippen LogP) is 4.54. The van der Waals surface area contributed by atoms with Gasteiger partial charge in [-0.05, 0) is 36.3 Å². The van der Waals surface area contributed by atoms with Gasteiger partial charge in [-0.2, -0.15) is 0 Å². The molecule has 0 amide bonds.